The molecule has 4 N–H and O–H groups in total. The van der Waals surface area contributed by atoms with Crippen LogP contribution in [0.5, 0.6) is 0 Å². The van der Waals surface area contributed by atoms with Crippen molar-refractivity contribution in [2.24, 2.45) is 23.2 Å². The number of aliphatic hydroxyl groups is 4. The summed E-state index contributed by atoms with van der Waals surface area (Å²) in [6.45, 7) is 13.7. The molecule has 0 saturated heterocycles. The Morgan fingerprint density at radius 1 is 1.12 bits per heavy atom. The first-order valence-electron chi connectivity index (χ1n) is 12.4. The van der Waals surface area contributed by atoms with Gasteiger partial charge in [-0.15, -0.1) is 0 Å². The molecular formula is C28H44O4. The summed E-state index contributed by atoms with van der Waals surface area (Å²) in [5.74, 6) is 1.39. The summed E-state index contributed by atoms with van der Waals surface area (Å²) >= 11 is 0. The van der Waals surface area contributed by atoms with E-state index in [4.69, 9.17) is 0 Å². The van der Waals surface area contributed by atoms with E-state index in [9.17, 15) is 20.4 Å². The molecule has 2 unspecified atom stereocenters. The third-order valence-corrected chi connectivity index (χ3v) is 8.90. The van der Waals surface area contributed by atoms with Crippen molar-refractivity contribution in [2.75, 3.05) is 0 Å². The Kier molecular flexibility index (Phi) is 7.32. The number of hydrogen-bond donors (Lipinski definition) is 4. The van der Waals surface area contributed by atoms with E-state index in [1.165, 1.54) is 24.8 Å². The lowest BCUT2D eigenvalue weighted by atomic mass is 9.61. The van der Waals surface area contributed by atoms with Gasteiger partial charge in [0, 0.05) is 6.42 Å². The fourth-order valence-corrected chi connectivity index (χ4v) is 6.29. The van der Waals surface area contributed by atoms with Crippen molar-refractivity contribution in [1.29, 1.82) is 0 Å². The molecule has 0 spiro atoms. The Balaban J connectivity index is 1.78. The van der Waals surface area contributed by atoms with Gasteiger partial charge in [-0.05, 0) is 93.6 Å². The molecule has 3 saturated carbocycles. The maximum atomic E-state index is 10.6. The first kappa shape index (κ1) is 25.4. The first-order chi connectivity index (χ1) is 14.8. The predicted octanol–water partition coefficient (Wildman–Crippen LogP) is 4.84. The van der Waals surface area contributed by atoms with Crippen LogP contribution in [0.2, 0.25) is 0 Å². The summed E-state index contributed by atoms with van der Waals surface area (Å²) in [7, 11) is 0. The summed E-state index contributed by atoms with van der Waals surface area (Å²) in [6, 6.07) is 0. The highest BCUT2D eigenvalue weighted by Gasteiger charge is 2.50. The molecule has 3 aliphatic carbocycles. The van der Waals surface area contributed by atoms with Crippen molar-refractivity contribution in [3.8, 4) is 0 Å². The van der Waals surface area contributed by atoms with E-state index in [-0.39, 0.29) is 5.41 Å². The Morgan fingerprint density at radius 3 is 2.47 bits per heavy atom. The molecule has 180 valence electrons. The monoisotopic (exact) mass is 444 g/mol. The van der Waals surface area contributed by atoms with Gasteiger partial charge in [0.05, 0.1) is 17.8 Å². The zero-order valence-electron chi connectivity index (χ0n) is 20.6. The normalized spacial score (nSPS) is 39.5. The lowest BCUT2D eigenvalue weighted by molar-refractivity contribution is -0.0886. The fourth-order valence-electron chi connectivity index (χ4n) is 6.29. The third kappa shape index (κ3) is 4.99. The predicted molar refractivity (Wildman–Crippen MR) is 130 cm³/mol. The van der Waals surface area contributed by atoms with Crippen molar-refractivity contribution < 1.29 is 20.4 Å². The van der Waals surface area contributed by atoms with Crippen LogP contribution in [0, 0.1) is 23.2 Å². The molecule has 0 aromatic rings. The number of aliphatic hydroxyl groups excluding tert-OH is 2. The standard InChI is InChI=1S/C28H44O4/c1-18(13-15-28(6,32)26(3,4)31)23-11-12-24-20(8-7-14-27(23,24)5)9-10-21-16-22(29)17-25(30)19(21)2/h9-10,13,15,18,22-25,29-32H,2,7-8,11-12,14,16-17H2,1,3-6H3/b15-13+,20-9+,21-10-/t18-,22+,23?,24+,25+,27-,28?/m1/s1. The topological polar surface area (TPSA) is 80.9 Å². The summed E-state index contributed by atoms with van der Waals surface area (Å²) in [5, 5.41) is 41.1. The molecular weight excluding hydrogens is 400 g/mol. The zero-order chi connectivity index (χ0) is 23.9. The highest BCUT2D eigenvalue weighted by atomic mass is 16.3. The van der Waals surface area contributed by atoms with Gasteiger partial charge in [0.15, 0.2) is 0 Å². The number of fused-ring (bicyclic) bond motifs is 1. The van der Waals surface area contributed by atoms with Gasteiger partial charge < -0.3 is 20.4 Å². The second-order valence-electron chi connectivity index (χ2n) is 11.6. The van der Waals surface area contributed by atoms with E-state index >= 15 is 0 Å². The van der Waals surface area contributed by atoms with Crippen LogP contribution in [0.4, 0.5) is 0 Å². The van der Waals surface area contributed by atoms with E-state index in [1.54, 1.807) is 26.8 Å². The average molecular weight is 445 g/mol. The summed E-state index contributed by atoms with van der Waals surface area (Å²) in [5.41, 5.74) is 0.958. The van der Waals surface area contributed by atoms with Crippen LogP contribution < -0.4 is 0 Å². The van der Waals surface area contributed by atoms with E-state index in [1.807, 2.05) is 0 Å². The van der Waals surface area contributed by atoms with Crippen LogP contribution in [0.1, 0.15) is 79.6 Å². The van der Waals surface area contributed by atoms with Gasteiger partial charge in [0.1, 0.15) is 5.60 Å². The quantitative estimate of drug-likeness (QED) is 0.457. The van der Waals surface area contributed by atoms with Gasteiger partial charge in [-0.3, -0.25) is 0 Å². The summed E-state index contributed by atoms with van der Waals surface area (Å²) in [4.78, 5) is 0. The Morgan fingerprint density at radius 2 is 1.81 bits per heavy atom. The molecule has 0 aromatic heterocycles. The van der Waals surface area contributed by atoms with Crippen LogP contribution >= 0.6 is 0 Å². The van der Waals surface area contributed by atoms with E-state index in [0.717, 1.165) is 24.0 Å². The van der Waals surface area contributed by atoms with Gasteiger partial charge in [0.2, 0.25) is 0 Å². The van der Waals surface area contributed by atoms with Crippen molar-refractivity contribution in [3.05, 3.63) is 47.6 Å². The minimum Gasteiger partial charge on any atom is -0.393 e. The molecule has 0 heterocycles. The van der Waals surface area contributed by atoms with Gasteiger partial charge in [-0.2, -0.15) is 0 Å². The van der Waals surface area contributed by atoms with Crippen LogP contribution in [-0.4, -0.2) is 43.8 Å². The van der Waals surface area contributed by atoms with Crippen LogP contribution in [0.3, 0.4) is 0 Å². The number of rotatable bonds is 5. The SMILES string of the molecule is C=C1/C(=C\C=C2/CCC[C@]3(C)C([C@H](C)/C=C/C(C)(O)C(C)(C)O)CC[C@@H]23)C[C@H](O)C[C@@H]1O. The largest absolute Gasteiger partial charge is 0.393 e. The lowest BCUT2D eigenvalue weighted by Crippen LogP contribution is -2.46. The molecule has 7 atom stereocenters. The van der Waals surface area contributed by atoms with Gasteiger partial charge in [0.25, 0.3) is 0 Å². The fraction of sp³-hybridized carbons (Fsp3) is 0.714. The first-order valence-corrected chi connectivity index (χ1v) is 12.4. The molecule has 4 nitrogen and oxygen atoms in total. The Hall–Kier alpha value is -1.20. The number of hydrogen-bond acceptors (Lipinski definition) is 4. The lowest BCUT2D eigenvalue weighted by Gasteiger charge is -2.44. The molecule has 3 rings (SSSR count). The van der Waals surface area contributed by atoms with Gasteiger partial charge in [-0.25, -0.2) is 0 Å². The van der Waals surface area contributed by atoms with Crippen molar-refractivity contribution in [1.82, 2.24) is 0 Å². The number of allylic oxidation sites excluding steroid dienone is 4. The summed E-state index contributed by atoms with van der Waals surface area (Å²) < 4.78 is 0. The molecule has 3 fully saturated rings. The maximum absolute atomic E-state index is 10.6. The van der Waals surface area contributed by atoms with E-state index in [0.29, 0.717) is 30.6 Å². The molecule has 0 bridgehead atoms. The molecule has 0 aliphatic heterocycles. The Labute approximate surface area is 194 Å². The second kappa shape index (κ2) is 9.21. The van der Waals surface area contributed by atoms with Crippen LogP contribution in [0.15, 0.2) is 47.6 Å². The van der Waals surface area contributed by atoms with E-state index in [2.05, 4.69) is 38.7 Å². The zero-order valence-corrected chi connectivity index (χ0v) is 20.6. The smallest absolute Gasteiger partial charge is 0.108 e. The molecule has 0 radical (unpaired) electrons. The van der Waals surface area contributed by atoms with Gasteiger partial charge >= 0.3 is 0 Å². The molecule has 0 aromatic carbocycles. The van der Waals surface area contributed by atoms with Crippen LogP contribution in [-0.2, 0) is 0 Å². The molecule has 3 aliphatic rings. The highest BCUT2D eigenvalue weighted by Crippen LogP contribution is 2.59. The second-order valence-corrected chi connectivity index (χ2v) is 11.6. The minimum atomic E-state index is -1.26. The third-order valence-electron chi connectivity index (χ3n) is 8.90. The van der Waals surface area contributed by atoms with Gasteiger partial charge in [-0.1, -0.05) is 50.3 Å². The Bertz CT molecular complexity index is 797. The van der Waals surface area contributed by atoms with Crippen molar-refractivity contribution >= 4 is 0 Å². The van der Waals surface area contributed by atoms with Crippen molar-refractivity contribution in [3.63, 3.8) is 0 Å². The summed E-state index contributed by atoms with van der Waals surface area (Å²) in [6.07, 6.45) is 13.8. The average Bonchev–Trinajstić information content (AvgIpc) is 3.04. The maximum Gasteiger partial charge on any atom is 0.108 e. The van der Waals surface area contributed by atoms with Crippen LogP contribution in [0.25, 0.3) is 0 Å². The van der Waals surface area contributed by atoms with E-state index < -0.39 is 23.4 Å². The molecule has 32 heavy (non-hydrogen) atoms. The minimum absolute atomic E-state index is 0.218. The highest BCUT2D eigenvalue weighted by molar-refractivity contribution is 5.38. The van der Waals surface area contributed by atoms with Crippen molar-refractivity contribution in [2.45, 2.75) is 103 Å². The molecule has 4 heteroatoms. The molecule has 0 amide bonds.